The van der Waals surface area contributed by atoms with Gasteiger partial charge in [0.05, 0.1) is 0 Å². The van der Waals surface area contributed by atoms with Gasteiger partial charge in [0, 0.05) is 23.7 Å². The average Bonchev–Trinajstić information content (AvgIpc) is 2.24. The fourth-order valence-corrected chi connectivity index (χ4v) is 1.89. The normalized spacial score (nSPS) is 12.9. The number of anilines is 1. The second kappa shape index (κ2) is 6.04. The average molecular weight is 242 g/mol. The molecule has 0 fully saturated rings. The Morgan fingerprint density at radius 3 is 2.56 bits per heavy atom. The van der Waals surface area contributed by atoms with E-state index in [1.807, 2.05) is 13.0 Å². The molecule has 0 saturated carbocycles. The van der Waals surface area contributed by atoms with Crippen LogP contribution in [-0.4, -0.2) is 21.9 Å². The zero-order valence-electron chi connectivity index (χ0n) is 10.4. The molecule has 3 nitrogen and oxygen atoms in total. The van der Waals surface area contributed by atoms with Crippen molar-refractivity contribution in [3.8, 4) is 0 Å². The molecule has 1 aromatic rings. The van der Waals surface area contributed by atoms with Crippen LogP contribution in [0.3, 0.4) is 0 Å². The van der Waals surface area contributed by atoms with Crippen molar-refractivity contribution in [2.75, 3.05) is 11.2 Å². The summed E-state index contributed by atoms with van der Waals surface area (Å²) in [7, 11) is 0. The third-order valence-electron chi connectivity index (χ3n) is 2.56. The number of nitrogens with one attached hydrogen (secondary N) is 1. The molecule has 1 unspecified atom stereocenters. The lowest BCUT2D eigenvalue weighted by atomic mass is 10.1. The van der Waals surface area contributed by atoms with Gasteiger partial charge in [-0.3, -0.25) is 0 Å². The van der Waals surface area contributed by atoms with Crippen LogP contribution in [0.2, 0.25) is 0 Å². The first-order chi connectivity index (χ1) is 7.56. The minimum atomic E-state index is 0.251. The molecule has 1 rings (SSSR count). The molecule has 0 aromatic carbocycles. The highest BCUT2D eigenvalue weighted by atomic mass is 35.5. The molecule has 0 bridgehead atoms. The van der Waals surface area contributed by atoms with Crippen LogP contribution in [0, 0.1) is 12.8 Å². The van der Waals surface area contributed by atoms with E-state index in [1.54, 1.807) is 0 Å². The summed E-state index contributed by atoms with van der Waals surface area (Å²) >= 11 is 5.92. The van der Waals surface area contributed by atoms with Crippen molar-refractivity contribution in [1.82, 2.24) is 9.97 Å². The van der Waals surface area contributed by atoms with Crippen LogP contribution in [0.1, 0.15) is 32.3 Å². The quantitative estimate of drug-likeness (QED) is 0.806. The summed E-state index contributed by atoms with van der Waals surface area (Å²) < 4.78 is 0. The molecule has 1 atom stereocenters. The molecule has 0 radical (unpaired) electrons. The molecule has 0 aliphatic carbocycles. The van der Waals surface area contributed by atoms with Gasteiger partial charge < -0.3 is 5.32 Å². The van der Waals surface area contributed by atoms with E-state index in [0.29, 0.717) is 11.8 Å². The molecule has 0 aliphatic heterocycles. The minimum absolute atomic E-state index is 0.251. The number of rotatable bonds is 5. The van der Waals surface area contributed by atoms with Gasteiger partial charge in [0.1, 0.15) is 11.6 Å². The highest BCUT2D eigenvalue weighted by Crippen LogP contribution is 2.13. The lowest BCUT2D eigenvalue weighted by molar-refractivity contribution is 0.562. The Labute approximate surface area is 103 Å². The predicted molar refractivity (Wildman–Crippen MR) is 69.1 cm³/mol. The van der Waals surface area contributed by atoms with Gasteiger partial charge in [-0.15, -0.1) is 11.6 Å². The van der Waals surface area contributed by atoms with E-state index in [-0.39, 0.29) is 6.04 Å². The first kappa shape index (κ1) is 13.2. The van der Waals surface area contributed by atoms with Crippen LogP contribution in [0.25, 0.3) is 0 Å². The standard InChI is InChI=1S/C12H20ClN3/c1-5-10-6-12(15-9(4)14-10)16-11(7-13)8(2)3/h6,8,11H,5,7H2,1-4H3,(H,14,15,16). The smallest absolute Gasteiger partial charge is 0.130 e. The summed E-state index contributed by atoms with van der Waals surface area (Å²) in [6.45, 7) is 8.30. The van der Waals surface area contributed by atoms with E-state index in [1.165, 1.54) is 0 Å². The van der Waals surface area contributed by atoms with Gasteiger partial charge >= 0.3 is 0 Å². The second-order valence-electron chi connectivity index (χ2n) is 4.29. The molecule has 4 heteroatoms. The van der Waals surface area contributed by atoms with Crippen molar-refractivity contribution < 1.29 is 0 Å². The number of hydrogen-bond acceptors (Lipinski definition) is 3. The van der Waals surface area contributed by atoms with Crippen LogP contribution < -0.4 is 5.32 Å². The second-order valence-corrected chi connectivity index (χ2v) is 4.60. The summed E-state index contributed by atoms with van der Waals surface area (Å²) in [4.78, 5) is 8.72. The van der Waals surface area contributed by atoms with Gasteiger partial charge in [0.2, 0.25) is 0 Å². The van der Waals surface area contributed by atoms with E-state index < -0.39 is 0 Å². The first-order valence-electron chi connectivity index (χ1n) is 5.73. The highest BCUT2D eigenvalue weighted by Gasteiger charge is 2.12. The number of nitrogens with zero attached hydrogens (tertiary/aromatic N) is 2. The fourth-order valence-electron chi connectivity index (χ4n) is 1.46. The Morgan fingerprint density at radius 1 is 1.38 bits per heavy atom. The van der Waals surface area contributed by atoms with Crippen molar-refractivity contribution in [3.63, 3.8) is 0 Å². The first-order valence-corrected chi connectivity index (χ1v) is 6.27. The van der Waals surface area contributed by atoms with Crippen LogP contribution >= 0.6 is 11.6 Å². The fraction of sp³-hybridized carbons (Fsp3) is 0.667. The molecular formula is C12H20ClN3. The van der Waals surface area contributed by atoms with Crippen molar-refractivity contribution in [2.45, 2.75) is 40.2 Å². The van der Waals surface area contributed by atoms with Crippen LogP contribution in [0.5, 0.6) is 0 Å². The largest absolute Gasteiger partial charge is 0.366 e. The zero-order valence-corrected chi connectivity index (χ0v) is 11.2. The van der Waals surface area contributed by atoms with Crippen LogP contribution in [0.4, 0.5) is 5.82 Å². The maximum atomic E-state index is 5.92. The van der Waals surface area contributed by atoms with E-state index in [4.69, 9.17) is 11.6 Å². The van der Waals surface area contributed by atoms with E-state index in [9.17, 15) is 0 Å². The summed E-state index contributed by atoms with van der Waals surface area (Å²) in [5.41, 5.74) is 1.06. The molecule has 1 aromatic heterocycles. The summed E-state index contributed by atoms with van der Waals surface area (Å²) in [5.74, 6) is 2.75. The molecule has 1 N–H and O–H groups in total. The van der Waals surface area contributed by atoms with E-state index >= 15 is 0 Å². The minimum Gasteiger partial charge on any atom is -0.366 e. The van der Waals surface area contributed by atoms with Crippen molar-refractivity contribution >= 4 is 17.4 Å². The maximum Gasteiger partial charge on any atom is 0.130 e. The van der Waals surface area contributed by atoms with Gasteiger partial charge in [-0.05, 0) is 19.3 Å². The van der Waals surface area contributed by atoms with Gasteiger partial charge in [-0.25, -0.2) is 9.97 Å². The van der Waals surface area contributed by atoms with Crippen LogP contribution in [-0.2, 0) is 6.42 Å². The Morgan fingerprint density at radius 2 is 2.06 bits per heavy atom. The number of halogens is 1. The van der Waals surface area contributed by atoms with Crippen molar-refractivity contribution in [2.24, 2.45) is 5.92 Å². The predicted octanol–water partition coefficient (Wildman–Crippen LogP) is 3.02. The summed E-state index contributed by atoms with van der Waals surface area (Å²) in [5, 5.41) is 3.36. The third kappa shape index (κ3) is 3.63. The molecular weight excluding hydrogens is 222 g/mol. The SMILES string of the molecule is CCc1cc(NC(CCl)C(C)C)nc(C)n1. The summed E-state index contributed by atoms with van der Waals surface area (Å²) in [6, 6.07) is 2.25. The molecule has 0 aliphatic rings. The lowest BCUT2D eigenvalue weighted by Crippen LogP contribution is -2.28. The lowest BCUT2D eigenvalue weighted by Gasteiger charge is -2.20. The van der Waals surface area contributed by atoms with Gasteiger partial charge in [0.15, 0.2) is 0 Å². The third-order valence-corrected chi connectivity index (χ3v) is 2.89. The van der Waals surface area contributed by atoms with Gasteiger partial charge in [-0.1, -0.05) is 20.8 Å². The molecule has 0 amide bonds. The molecule has 16 heavy (non-hydrogen) atoms. The topological polar surface area (TPSA) is 37.8 Å². The summed E-state index contributed by atoms with van der Waals surface area (Å²) in [6.07, 6.45) is 0.922. The Balaban J connectivity index is 2.83. The van der Waals surface area contributed by atoms with E-state index in [0.717, 1.165) is 23.8 Å². The number of alkyl halides is 1. The number of aryl methyl sites for hydroxylation is 2. The molecule has 0 saturated heterocycles. The van der Waals surface area contributed by atoms with Crippen LogP contribution in [0.15, 0.2) is 6.07 Å². The van der Waals surface area contributed by atoms with Gasteiger partial charge in [0.25, 0.3) is 0 Å². The monoisotopic (exact) mass is 241 g/mol. The number of hydrogen-bond donors (Lipinski definition) is 1. The molecule has 1 heterocycles. The maximum absolute atomic E-state index is 5.92. The van der Waals surface area contributed by atoms with Gasteiger partial charge in [-0.2, -0.15) is 0 Å². The van der Waals surface area contributed by atoms with Crippen molar-refractivity contribution in [1.29, 1.82) is 0 Å². The zero-order chi connectivity index (χ0) is 12.1. The van der Waals surface area contributed by atoms with E-state index in [2.05, 4.69) is 36.1 Å². The molecule has 0 spiro atoms. The Hall–Kier alpha value is -0.830. The molecule has 90 valence electrons. The number of aromatic nitrogens is 2. The van der Waals surface area contributed by atoms with Crippen molar-refractivity contribution in [3.05, 3.63) is 17.6 Å². The Bertz CT molecular complexity index is 339. The highest BCUT2D eigenvalue weighted by molar-refractivity contribution is 6.18. The Kier molecular flexibility index (Phi) is 5.00.